The Morgan fingerprint density at radius 2 is 2.10 bits per heavy atom. The first kappa shape index (κ1) is 15.6. The van der Waals surface area contributed by atoms with Crippen LogP contribution in [0.1, 0.15) is 32.9 Å². The molecule has 8 heteroatoms. The number of methoxy groups -OCH3 is 2. The highest BCUT2D eigenvalue weighted by molar-refractivity contribution is 7.19. The summed E-state index contributed by atoms with van der Waals surface area (Å²) in [6.45, 7) is 1.40. The topological polar surface area (TPSA) is 108 Å². The highest BCUT2D eigenvalue weighted by Gasteiger charge is 2.30. The number of primary amides is 1. The SMILES string of the molecule is COC(=O)c1c(N2CCCC(OC)C2)sc(C(N)=O)c1N. The van der Waals surface area contributed by atoms with E-state index in [2.05, 4.69) is 0 Å². The molecule has 2 heterocycles. The fourth-order valence-corrected chi connectivity index (χ4v) is 3.55. The number of rotatable bonds is 4. The van der Waals surface area contributed by atoms with Crippen molar-refractivity contribution in [3.63, 3.8) is 0 Å². The van der Waals surface area contributed by atoms with Crippen molar-refractivity contribution in [2.24, 2.45) is 5.73 Å². The molecular weight excluding hydrogens is 294 g/mol. The van der Waals surface area contributed by atoms with Crippen LogP contribution in [0.3, 0.4) is 0 Å². The summed E-state index contributed by atoms with van der Waals surface area (Å²) in [7, 11) is 2.94. The molecule has 0 aliphatic carbocycles. The summed E-state index contributed by atoms with van der Waals surface area (Å²) < 4.78 is 10.2. The van der Waals surface area contributed by atoms with E-state index in [1.807, 2.05) is 4.90 Å². The maximum Gasteiger partial charge on any atom is 0.343 e. The van der Waals surface area contributed by atoms with E-state index in [1.54, 1.807) is 7.11 Å². The standard InChI is InChI=1S/C13H19N3O4S/c1-19-7-4-3-5-16(6-7)12-8(13(18)20-2)9(14)10(21-12)11(15)17/h7H,3-6,14H2,1-2H3,(H2,15,17). The zero-order valence-electron chi connectivity index (χ0n) is 12.0. The molecule has 1 fully saturated rings. The monoisotopic (exact) mass is 313 g/mol. The number of esters is 1. The Morgan fingerprint density at radius 3 is 2.67 bits per heavy atom. The highest BCUT2D eigenvalue weighted by atomic mass is 32.1. The van der Waals surface area contributed by atoms with E-state index >= 15 is 0 Å². The highest BCUT2D eigenvalue weighted by Crippen LogP contribution is 2.39. The Morgan fingerprint density at radius 1 is 1.38 bits per heavy atom. The van der Waals surface area contributed by atoms with Crippen LogP contribution in [0.2, 0.25) is 0 Å². The van der Waals surface area contributed by atoms with Crippen molar-refractivity contribution in [2.45, 2.75) is 18.9 Å². The molecule has 0 saturated carbocycles. The Kier molecular flexibility index (Phi) is 4.69. The van der Waals surface area contributed by atoms with Crippen molar-refractivity contribution in [1.82, 2.24) is 0 Å². The maximum atomic E-state index is 12.0. The number of carbonyl (C=O) groups excluding carboxylic acids is 2. The zero-order chi connectivity index (χ0) is 15.6. The molecule has 0 radical (unpaired) electrons. The molecule has 116 valence electrons. The normalized spacial score (nSPS) is 18.6. The summed E-state index contributed by atoms with van der Waals surface area (Å²) in [5.74, 6) is -1.21. The lowest BCUT2D eigenvalue weighted by Crippen LogP contribution is -2.39. The van der Waals surface area contributed by atoms with Gasteiger partial charge >= 0.3 is 5.97 Å². The van der Waals surface area contributed by atoms with Gasteiger partial charge in [-0.1, -0.05) is 0 Å². The minimum absolute atomic E-state index is 0.0876. The van der Waals surface area contributed by atoms with Gasteiger partial charge in [0.2, 0.25) is 0 Å². The number of amides is 1. The fourth-order valence-electron chi connectivity index (χ4n) is 2.45. The summed E-state index contributed by atoms with van der Waals surface area (Å²) in [5, 5.41) is 0.620. The smallest absolute Gasteiger partial charge is 0.343 e. The van der Waals surface area contributed by atoms with E-state index in [-0.39, 0.29) is 22.2 Å². The number of hydrogen-bond donors (Lipinski definition) is 2. The van der Waals surface area contributed by atoms with Gasteiger partial charge in [-0.15, -0.1) is 11.3 Å². The largest absolute Gasteiger partial charge is 0.465 e. The first-order valence-electron chi connectivity index (χ1n) is 6.57. The van der Waals surface area contributed by atoms with Crippen molar-refractivity contribution in [3.05, 3.63) is 10.4 Å². The first-order valence-corrected chi connectivity index (χ1v) is 7.39. The molecule has 1 aliphatic rings. The molecule has 1 aromatic rings. The van der Waals surface area contributed by atoms with Crippen LogP contribution in [-0.4, -0.2) is 45.3 Å². The van der Waals surface area contributed by atoms with Crippen LogP contribution in [0.15, 0.2) is 0 Å². The first-order chi connectivity index (χ1) is 9.99. The van der Waals surface area contributed by atoms with E-state index in [0.717, 1.165) is 30.7 Å². The number of nitrogen functional groups attached to an aromatic ring is 1. The Labute approximate surface area is 126 Å². The Balaban J connectivity index is 2.44. The average molecular weight is 313 g/mol. The van der Waals surface area contributed by atoms with Gasteiger partial charge in [0.25, 0.3) is 5.91 Å². The van der Waals surface area contributed by atoms with Crippen LogP contribution in [0.5, 0.6) is 0 Å². The average Bonchev–Trinajstić information content (AvgIpc) is 2.84. The lowest BCUT2D eigenvalue weighted by Gasteiger charge is -2.33. The van der Waals surface area contributed by atoms with E-state index in [4.69, 9.17) is 20.9 Å². The second-order valence-corrected chi connectivity index (χ2v) is 5.83. The maximum absolute atomic E-state index is 12.0. The molecule has 1 aromatic heterocycles. The van der Waals surface area contributed by atoms with Gasteiger partial charge in [0.15, 0.2) is 0 Å². The molecule has 1 saturated heterocycles. The Hall–Kier alpha value is -1.80. The fraction of sp³-hybridized carbons (Fsp3) is 0.538. The number of anilines is 2. The molecule has 2 rings (SSSR count). The van der Waals surface area contributed by atoms with Crippen LogP contribution in [-0.2, 0) is 9.47 Å². The van der Waals surface area contributed by atoms with Gasteiger partial charge in [-0.25, -0.2) is 4.79 Å². The predicted molar refractivity (Wildman–Crippen MR) is 80.8 cm³/mol. The summed E-state index contributed by atoms with van der Waals surface area (Å²) >= 11 is 1.13. The van der Waals surface area contributed by atoms with Crippen LogP contribution in [0.25, 0.3) is 0 Å². The number of carbonyl (C=O) groups is 2. The number of nitrogens with two attached hydrogens (primary N) is 2. The molecule has 0 aromatic carbocycles. The molecule has 1 amide bonds. The molecule has 1 aliphatic heterocycles. The third kappa shape index (κ3) is 2.96. The van der Waals surface area contributed by atoms with Crippen molar-refractivity contribution in [3.8, 4) is 0 Å². The minimum atomic E-state index is -0.644. The van der Waals surface area contributed by atoms with Crippen molar-refractivity contribution >= 4 is 33.9 Å². The predicted octanol–water partition coefficient (Wildman–Crippen LogP) is 0.831. The van der Waals surface area contributed by atoms with Gasteiger partial charge < -0.3 is 25.8 Å². The van der Waals surface area contributed by atoms with Gasteiger partial charge in [-0.05, 0) is 12.8 Å². The zero-order valence-corrected chi connectivity index (χ0v) is 12.9. The second kappa shape index (κ2) is 6.31. The van der Waals surface area contributed by atoms with E-state index in [1.165, 1.54) is 7.11 Å². The van der Waals surface area contributed by atoms with Crippen LogP contribution in [0, 0.1) is 0 Å². The van der Waals surface area contributed by atoms with Crippen LogP contribution < -0.4 is 16.4 Å². The third-order valence-electron chi connectivity index (χ3n) is 3.54. The van der Waals surface area contributed by atoms with Gasteiger partial charge in [0, 0.05) is 20.2 Å². The summed E-state index contributed by atoms with van der Waals surface area (Å²) in [6.07, 6.45) is 1.98. The number of hydrogen-bond acceptors (Lipinski definition) is 7. The van der Waals surface area contributed by atoms with Crippen LogP contribution >= 0.6 is 11.3 Å². The van der Waals surface area contributed by atoms with E-state index in [9.17, 15) is 9.59 Å². The number of piperidine rings is 1. The molecule has 0 spiro atoms. The molecule has 7 nitrogen and oxygen atoms in total. The Bertz CT molecular complexity index is 558. The molecule has 21 heavy (non-hydrogen) atoms. The molecule has 4 N–H and O–H groups in total. The molecular formula is C13H19N3O4S. The summed E-state index contributed by atoms with van der Waals surface area (Å²) in [6, 6.07) is 0. The van der Waals surface area contributed by atoms with Gasteiger partial charge in [-0.2, -0.15) is 0 Å². The number of nitrogens with zero attached hydrogens (tertiary/aromatic N) is 1. The minimum Gasteiger partial charge on any atom is -0.465 e. The quantitative estimate of drug-likeness (QED) is 0.797. The molecule has 1 atom stereocenters. The van der Waals surface area contributed by atoms with Crippen LogP contribution in [0.4, 0.5) is 10.7 Å². The second-order valence-electron chi connectivity index (χ2n) is 4.83. The van der Waals surface area contributed by atoms with E-state index in [0.29, 0.717) is 11.5 Å². The molecule has 0 bridgehead atoms. The third-order valence-corrected chi connectivity index (χ3v) is 4.82. The lowest BCUT2D eigenvalue weighted by atomic mass is 10.1. The van der Waals surface area contributed by atoms with E-state index < -0.39 is 11.9 Å². The van der Waals surface area contributed by atoms with Gasteiger partial charge in [0.05, 0.1) is 18.9 Å². The lowest BCUT2D eigenvalue weighted by molar-refractivity contribution is 0.0601. The summed E-state index contributed by atoms with van der Waals surface area (Å²) in [5.41, 5.74) is 11.5. The van der Waals surface area contributed by atoms with Crippen molar-refractivity contribution in [1.29, 1.82) is 0 Å². The van der Waals surface area contributed by atoms with Crippen molar-refractivity contribution in [2.75, 3.05) is 37.9 Å². The molecule has 1 unspecified atom stereocenters. The van der Waals surface area contributed by atoms with Crippen molar-refractivity contribution < 1.29 is 19.1 Å². The number of thiophene rings is 1. The van der Waals surface area contributed by atoms with Gasteiger partial charge in [-0.3, -0.25) is 4.79 Å². The summed E-state index contributed by atoms with van der Waals surface area (Å²) in [4.78, 5) is 25.6. The number of ether oxygens (including phenoxy) is 2. The van der Waals surface area contributed by atoms with Gasteiger partial charge in [0.1, 0.15) is 15.4 Å².